The molecule has 1 aliphatic rings. The summed E-state index contributed by atoms with van der Waals surface area (Å²) in [4.78, 5) is 14.7. The summed E-state index contributed by atoms with van der Waals surface area (Å²) in [5.74, 6) is 0.765. The van der Waals surface area contributed by atoms with Gasteiger partial charge in [0, 0.05) is 31.2 Å². The minimum Gasteiger partial charge on any atom is -0.348 e. The van der Waals surface area contributed by atoms with Crippen LogP contribution in [-0.4, -0.2) is 36.5 Å². The molecular weight excluding hydrogens is 298 g/mol. The Bertz CT molecular complexity index is 463. The fourth-order valence-corrected chi connectivity index (χ4v) is 2.98. The van der Waals surface area contributed by atoms with Crippen LogP contribution in [0, 0.1) is 5.92 Å². The zero-order valence-corrected chi connectivity index (χ0v) is 14.4. The monoisotopic (exact) mass is 325 g/mol. The second-order valence-corrected chi connectivity index (χ2v) is 6.28. The third kappa shape index (κ3) is 5.59. The van der Waals surface area contributed by atoms with Gasteiger partial charge in [-0.05, 0) is 49.9 Å². The molecule has 22 heavy (non-hydrogen) atoms. The van der Waals surface area contributed by atoms with Gasteiger partial charge in [-0.15, -0.1) is 12.4 Å². The third-order valence-electron chi connectivity index (χ3n) is 4.10. The van der Waals surface area contributed by atoms with Gasteiger partial charge in [0.15, 0.2) is 0 Å². The third-order valence-corrected chi connectivity index (χ3v) is 4.10. The molecule has 0 bridgehead atoms. The van der Waals surface area contributed by atoms with Crippen molar-refractivity contribution >= 4 is 18.3 Å². The molecule has 0 aromatic heterocycles. The van der Waals surface area contributed by atoms with E-state index in [9.17, 15) is 4.79 Å². The largest absolute Gasteiger partial charge is 0.348 e. The van der Waals surface area contributed by atoms with Crippen LogP contribution in [0.5, 0.6) is 0 Å². The van der Waals surface area contributed by atoms with Gasteiger partial charge in [-0.25, -0.2) is 0 Å². The number of hydrogen-bond acceptors (Lipinski definition) is 3. The summed E-state index contributed by atoms with van der Waals surface area (Å²) in [5, 5.41) is 3.08. The molecule has 1 amide bonds. The van der Waals surface area contributed by atoms with Crippen LogP contribution < -0.4 is 11.1 Å². The first kappa shape index (κ1) is 18.9. The Balaban J connectivity index is 0.00000242. The number of hydrogen-bond donors (Lipinski definition) is 2. The standard InChI is InChI=1S/C17H27N3O.ClH/c1-13-4-3-9-20(11-13)12-14(2)19-17(21)16-7-5-15(10-18)6-8-16;/h5-8,13-14H,3-4,9-12,18H2,1-2H3,(H,19,21);1H. The Morgan fingerprint density at radius 3 is 2.68 bits per heavy atom. The van der Waals surface area contributed by atoms with Crippen LogP contribution in [0.2, 0.25) is 0 Å². The molecule has 0 aliphatic carbocycles. The Morgan fingerprint density at radius 1 is 1.41 bits per heavy atom. The summed E-state index contributed by atoms with van der Waals surface area (Å²) in [7, 11) is 0. The van der Waals surface area contributed by atoms with E-state index >= 15 is 0 Å². The number of benzene rings is 1. The first-order valence-electron chi connectivity index (χ1n) is 7.90. The van der Waals surface area contributed by atoms with Gasteiger partial charge in [0.2, 0.25) is 0 Å². The van der Waals surface area contributed by atoms with Crippen LogP contribution in [0.3, 0.4) is 0 Å². The van der Waals surface area contributed by atoms with Crippen molar-refractivity contribution in [2.75, 3.05) is 19.6 Å². The molecule has 1 heterocycles. The highest BCUT2D eigenvalue weighted by atomic mass is 35.5. The molecule has 124 valence electrons. The van der Waals surface area contributed by atoms with E-state index in [0.29, 0.717) is 12.1 Å². The van der Waals surface area contributed by atoms with Crippen molar-refractivity contribution in [1.29, 1.82) is 0 Å². The average Bonchev–Trinajstić information content (AvgIpc) is 2.47. The van der Waals surface area contributed by atoms with E-state index in [1.165, 1.54) is 12.8 Å². The van der Waals surface area contributed by atoms with Crippen molar-refractivity contribution in [3.05, 3.63) is 35.4 Å². The van der Waals surface area contributed by atoms with E-state index in [0.717, 1.165) is 31.1 Å². The minimum absolute atomic E-state index is 0. The Kier molecular flexibility index (Phi) is 7.87. The molecule has 1 aromatic rings. The van der Waals surface area contributed by atoms with Gasteiger partial charge in [-0.1, -0.05) is 19.1 Å². The maximum Gasteiger partial charge on any atom is 0.251 e. The van der Waals surface area contributed by atoms with Crippen LogP contribution in [-0.2, 0) is 6.54 Å². The van der Waals surface area contributed by atoms with Crippen molar-refractivity contribution in [3.8, 4) is 0 Å². The smallest absolute Gasteiger partial charge is 0.251 e. The zero-order valence-electron chi connectivity index (χ0n) is 13.5. The molecule has 1 aliphatic heterocycles. The predicted molar refractivity (Wildman–Crippen MR) is 93.3 cm³/mol. The highest BCUT2D eigenvalue weighted by Crippen LogP contribution is 2.15. The van der Waals surface area contributed by atoms with Crippen LogP contribution in [0.4, 0.5) is 0 Å². The van der Waals surface area contributed by atoms with Gasteiger partial charge in [0.25, 0.3) is 5.91 Å². The van der Waals surface area contributed by atoms with Crippen molar-refractivity contribution < 1.29 is 4.79 Å². The molecule has 0 radical (unpaired) electrons. The summed E-state index contributed by atoms with van der Waals surface area (Å²) >= 11 is 0. The Hall–Kier alpha value is -1.10. The molecule has 5 heteroatoms. The quantitative estimate of drug-likeness (QED) is 0.874. The summed E-state index contributed by atoms with van der Waals surface area (Å²) in [6, 6.07) is 7.66. The highest BCUT2D eigenvalue weighted by Gasteiger charge is 2.19. The SMILES string of the molecule is CC1CCCN(CC(C)NC(=O)c2ccc(CN)cc2)C1.Cl. The van der Waals surface area contributed by atoms with E-state index < -0.39 is 0 Å². The number of halogens is 1. The van der Waals surface area contributed by atoms with Gasteiger partial charge < -0.3 is 16.0 Å². The number of carbonyl (C=O) groups is 1. The second kappa shape index (κ2) is 9.13. The number of carbonyl (C=O) groups excluding carboxylic acids is 1. The van der Waals surface area contributed by atoms with E-state index in [1.807, 2.05) is 24.3 Å². The van der Waals surface area contributed by atoms with Crippen LogP contribution in [0.1, 0.15) is 42.6 Å². The molecular formula is C17H28ClN3O. The number of rotatable bonds is 5. The van der Waals surface area contributed by atoms with E-state index in [-0.39, 0.29) is 24.4 Å². The predicted octanol–water partition coefficient (Wildman–Crippen LogP) is 2.42. The minimum atomic E-state index is -0.00358. The van der Waals surface area contributed by atoms with Gasteiger partial charge in [0.05, 0.1) is 0 Å². The van der Waals surface area contributed by atoms with Crippen molar-refractivity contribution in [2.45, 2.75) is 39.3 Å². The van der Waals surface area contributed by atoms with Crippen molar-refractivity contribution in [1.82, 2.24) is 10.2 Å². The lowest BCUT2D eigenvalue weighted by Crippen LogP contribution is -2.45. The van der Waals surface area contributed by atoms with Crippen molar-refractivity contribution in [3.63, 3.8) is 0 Å². The number of nitrogens with one attached hydrogen (secondary N) is 1. The molecule has 2 unspecified atom stereocenters. The molecule has 1 saturated heterocycles. The normalized spacial score (nSPS) is 20.0. The number of nitrogens with two attached hydrogens (primary N) is 1. The fourth-order valence-electron chi connectivity index (χ4n) is 2.98. The molecule has 2 rings (SSSR count). The van der Waals surface area contributed by atoms with Gasteiger partial charge in [-0.3, -0.25) is 4.79 Å². The van der Waals surface area contributed by atoms with Crippen molar-refractivity contribution in [2.24, 2.45) is 11.7 Å². The first-order chi connectivity index (χ1) is 10.1. The molecule has 3 N–H and O–H groups in total. The molecule has 4 nitrogen and oxygen atoms in total. The first-order valence-corrected chi connectivity index (χ1v) is 7.90. The summed E-state index contributed by atoms with van der Waals surface area (Å²) in [6.45, 7) is 8.10. The Morgan fingerprint density at radius 2 is 2.09 bits per heavy atom. The van der Waals surface area contributed by atoms with Gasteiger partial charge in [0.1, 0.15) is 0 Å². The van der Waals surface area contributed by atoms with Crippen LogP contribution >= 0.6 is 12.4 Å². The maximum atomic E-state index is 12.2. The lowest BCUT2D eigenvalue weighted by atomic mass is 10.00. The van der Waals surface area contributed by atoms with E-state index in [4.69, 9.17) is 5.73 Å². The van der Waals surface area contributed by atoms with Crippen LogP contribution in [0.15, 0.2) is 24.3 Å². The van der Waals surface area contributed by atoms with Gasteiger partial charge in [-0.2, -0.15) is 0 Å². The molecule has 2 atom stereocenters. The topological polar surface area (TPSA) is 58.4 Å². The number of nitrogens with zero attached hydrogens (tertiary/aromatic N) is 1. The molecule has 0 spiro atoms. The summed E-state index contributed by atoms with van der Waals surface area (Å²) < 4.78 is 0. The lowest BCUT2D eigenvalue weighted by Gasteiger charge is -2.32. The van der Waals surface area contributed by atoms with Crippen LogP contribution in [0.25, 0.3) is 0 Å². The lowest BCUT2D eigenvalue weighted by molar-refractivity contribution is 0.0920. The number of likely N-dealkylation sites (tertiary alicyclic amines) is 1. The van der Waals surface area contributed by atoms with E-state index in [2.05, 4.69) is 24.1 Å². The van der Waals surface area contributed by atoms with E-state index in [1.54, 1.807) is 0 Å². The maximum absolute atomic E-state index is 12.2. The fraction of sp³-hybridized carbons (Fsp3) is 0.588. The second-order valence-electron chi connectivity index (χ2n) is 6.28. The number of amides is 1. The average molecular weight is 326 g/mol. The van der Waals surface area contributed by atoms with Gasteiger partial charge >= 0.3 is 0 Å². The summed E-state index contributed by atoms with van der Waals surface area (Å²) in [5.41, 5.74) is 7.31. The zero-order chi connectivity index (χ0) is 15.2. The summed E-state index contributed by atoms with van der Waals surface area (Å²) in [6.07, 6.45) is 2.59. The number of piperidine rings is 1. The molecule has 1 aromatic carbocycles. The highest BCUT2D eigenvalue weighted by molar-refractivity contribution is 5.94. The molecule has 1 fully saturated rings. The molecule has 0 saturated carbocycles. The Labute approximate surface area is 139 Å².